The second-order valence-corrected chi connectivity index (χ2v) is 8.91. The molecule has 0 bridgehead atoms. The maximum atomic E-state index is 12.9. The van der Waals surface area contributed by atoms with Gasteiger partial charge in [0.1, 0.15) is 25.0 Å². The minimum Gasteiger partial charge on any atom is -0.454 e. The number of nitrogens with zero attached hydrogens (tertiary/aromatic N) is 5. The molecule has 3 aliphatic rings. The number of rotatable bonds is 5. The van der Waals surface area contributed by atoms with E-state index < -0.39 is 0 Å². The summed E-state index contributed by atoms with van der Waals surface area (Å²) in [6.07, 6.45) is 8.96. The summed E-state index contributed by atoms with van der Waals surface area (Å²) in [4.78, 5) is 21.4. The summed E-state index contributed by atoms with van der Waals surface area (Å²) >= 11 is 0. The van der Waals surface area contributed by atoms with Crippen LogP contribution < -0.4 is 0 Å². The first-order valence-electron chi connectivity index (χ1n) is 10.7. The van der Waals surface area contributed by atoms with Crippen molar-refractivity contribution in [3.05, 3.63) is 36.3 Å². The van der Waals surface area contributed by atoms with Gasteiger partial charge in [-0.05, 0) is 43.2 Å². The second kappa shape index (κ2) is 7.57. The molecule has 3 fully saturated rings. The number of likely N-dealkylation sites (tertiary alicyclic amines) is 2. The number of aromatic nitrogens is 3. The van der Waals surface area contributed by atoms with Gasteiger partial charge in [-0.15, -0.1) is 0 Å². The number of hydrogen-bond acceptors (Lipinski definition) is 6. The highest BCUT2D eigenvalue weighted by atomic mass is 16.4. The third-order valence-electron chi connectivity index (χ3n) is 7.35. The van der Waals surface area contributed by atoms with E-state index in [9.17, 15) is 9.90 Å². The zero-order chi connectivity index (χ0) is 19.8. The van der Waals surface area contributed by atoms with Crippen LogP contribution in [0.5, 0.6) is 0 Å². The number of piperidine rings is 1. The van der Waals surface area contributed by atoms with Gasteiger partial charge in [0.15, 0.2) is 5.76 Å². The average Bonchev–Trinajstić information content (AvgIpc) is 3.42. The van der Waals surface area contributed by atoms with E-state index in [0.29, 0.717) is 24.0 Å². The Bertz CT molecular complexity index is 836. The highest BCUT2D eigenvalue weighted by Gasteiger charge is 2.50. The van der Waals surface area contributed by atoms with Crippen molar-refractivity contribution < 1.29 is 14.3 Å². The van der Waals surface area contributed by atoms with Gasteiger partial charge in [0.05, 0.1) is 0 Å². The number of aliphatic hydroxyl groups is 1. The summed E-state index contributed by atoms with van der Waals surface area (Å²) in [5, 5.41) is 14.1. The molecule has 5 rings (SSSR count). The zero-order valence-corrected chi connectivity index (χ0v) is 16.7. The molecule has 8 heteroatoms. The van der Waals surface area contributed by atoms with Crippen molar-refractivity contribution >= 4 is 5.91 Å². The average molecular weight is 399 g/mol. The van der Waals surface area contributed by atoms with Crippen molar-refractivity contribution in [2.45, 2.75) is 44.7 Å². The first-order chi connectivity index (χ1) is 14.2. The van der Waals surface area contributed by atoms with Crippen LogP contribution >= 0.6 is 0 Å². The first kappa shape index (κ1) is 18.8. The van der Waals surface area contributed by atoms with E-state index in [0.717, 1.165) is 45.1 Å². The highest BCUT2D eigenvalue weighted by molar-refractivity contribution is 5.91. The van der Waals surface area contributed by atoms with Crippen LogP contribution in [0.15, 0.2) is 29.2 Å². The van der Waals surface area contributed by atoms with Gasteiger partial charge in [-0.2, -0.15) is 5.10 Å². The predicted octanol–water partition coefficient (Wildman–Crippen LogP) is 1.62. The van der Waals surface area contributed by atoms with Crippen LogP contribution in [-0.4, -0.2) is 74.4 Å². The lowest BCUT2D eigenvalue weighted by Gasteiger charge is -2.43. The Morgan fingerprint density at radius 2 is 2.10 bits per heavy atom. The topological polar surface area (TPSA) is 87.6 Å². The molecule has 8 nitrogen and oxygen atoms in total. The van der Waals surface area contributed by atoms with Crippen LogP contribution in [-0.2, 0) is 6.54 Å². The lowest BCUT2D eigenvalue weighted by molar-refractivity contribution is 0.0364. The molecule has 1 amide bonds. The second-order valence-electron chi connectivity index (χ2n) is 8.91. The molecular formula is C21H29N5O3. The largest absolute Gasteiger partial charge is 0.454 e. The minimum atomic E-state index is -0.0425. The number of furan rings is 1. The summed E-state index contributed by atoms with van der Waals surface area (Å²) < 4.78 is 7.44. The van der Waals surface area contributed by atoms with Crippen LogP contribution in [0.1, 0.15) is 48.4 Å². The SMILES string of the molecule is O=C(c1ccc(Cn2cncn2)o1)N1CCC2(CC1)CN(C1CCC1)CC2CO. The van der Waals surface area contributed by atoms with Gasteiger partial charge in [0, 0.05) is 44.7 Å². The quantitative estimate of drug-likeness (QED) is 0.822. The van der Waals surface area contributed by atoms with Crippen molar-refractivity contribution in [1.82, 2.24) is 24.6 Å². The van der Waals surface area contributed by atoms with Crippen molar-refractivity contribution in [2.24, 2.45) is 11.3 Å². The van der Waals surface area contributed by atoms with Gasteiger partial charge in [-0.25, -0.2) is 9.67 Å². The van der Waals surface area contributed by atoms with Crippen LogP contribution in [0.3, 0.4) is 0 Å². The van der Waals surface area contributed by atoms with Crippen molar-refractivity contribution in [2.75, 3.05) is 32.8 Å². The molecular weight excluding hydrogens is 370 g/mol. The summed E-state index contributed by atoms with van der Waals surface area (Å²) in [5.41, 5.74) is 0.155. The minimum absolute atomic E-state index is 0.0425. The van der Waals surface area contributed by atoms with E-state index in [1.165, 1.54) is 25.6 Å². The maximum Gasteiger partial charge on any atom is 0.289 e. The fourth-order valence-electron chi connectivity index (χ4n) is 5.29. The molecule has 2 aliphatic heterocycles. The Balaban J connectivity index is 1.21. The standard InChI is InChI=1S/C21H29N5O3/c27-12-16-10-25(17-2-1-3-17)13-21(16)6-8-24(9-7-21)20(28)19-5-4-18(29-19)11-26-15-22-14-23-26/h4-5,14-17,27H,1-3,6-13H2. The number of carbonyl (C=O) groups excluding carboxylic acids is 1. The molecule has 1 aliphatic carbocycles. The highest BCUT2D eigenvalue weighted by Crippen LogP contribution is 2.47. The normalized spacial score (nSPS) is 24.9. The van der Waals surface area contributed by atoms with Crippen LogP contribution in [0.2, 0.25) is 0 Å². The molecule has 1 unspecified atom stereocenters. The molecule has 1 spiro atoms. The smallest absolute Gasteiger partial charge is 0.289 e. The number of amides is 1. The Morgan fingerprint density at radius 1 is 1.28 bits per heavy atom. The van der Waals surface area contributed by atoms with Gasteiger partial charge in [-0.3, -0.25) is 9.69 Å². The Hall–Kier alpha value is -2.19. The van der Waals surface area contributed by atoms with Crippen LogP contribution in [0.4, 0.5) is 0 Å². The van der Waals surface area contributed by atoms with Crippen molar-refractivity contribution in [3.8, 4) is 0 Å². The molecule has 29 heavy (non-hydrogen) atoms. The van der Waals surface area contributed by atoms with E-state index >= 15 is 0 Å². The van der Waals surface area contributed by atoms with Crippen LogP contribution in [0.25, 0.3) is 0 Å². The van der Waals surface area contributed by atoms with Crippen molar-refractivity contribution in [3.63, 3.8) is 0 Å². The lowest BCUT2D eigenvalue weighted by Crippen LogP contribution is -2.47. The Kier molecular flexibility index (Phi) is 4.91. The Labute approximate surface area is 170 Å². The molecule has 156 valence electrons. The van der Waals surface area contributed by atoms with Crippen molar-refractivity contribution in [1.29, 1.82) is 0 Å². The fourth-order valence-corrected chi connectivity index (χ4v) is 5.29. The molecule has 2 saturated heterocycles. The molecule has 4 heterocycles. The van der Waals surface area contributed by atoms with E-state index in [1.807, 2.05) is 11.0 Å². The van der Waals surface area contributed by atoms with Crippen LogP contribution in [0, 0.1) is 11.3 Å². The van der Waals surface area contributed by atoms with E-state index in [1.54, 1.807) is 17.1 Å². The van der Waals surface area contributed by atoms with E-state index in [2.05, 4.69) is 15.0 Å². The zero-order valence-electron chi connectivity index (χ0n) is 16.7. The predicted molar refractivity (Wildman–Crippen MR) is 105 cm³/mol. The van der Waals surface area contributed by atoms with E-state index in [4.69, 9.17) is 4.42 Å². The monoisotopic (exact) mass is 399 g/mol. The number of aliphatic hydroxyl groups excluding tert-OH is 1. The molecule has 2 aromatic rings. The summed E-state index contributed by atoms with van der Waals surface area (Å²) in [7, 11) is 0. The van der Waals surface area contributed by atoms with Gasteiger partial charge in [0.25, 0.3) is 5.91 Å². The maximum absolute atomic E-state index is 12.9. The first-order valence-corrected chi connectivity index (χ1v) is 10.7. The third-order valence-corrected chi connectivity index (χ3v) is 7.35. The summed E-state index contributed by atoms with van der Waals surface area (Å²) in [6, 6.07) is 4.30. The molecule has 1 saturated carbocycles. The molecule has 1 atom stereocenters. The molecule has 2 aromatic heterocycles. The van der Waals surface area contributed by atoms with Gasteiger partial charge in [0.2, 0.25) is 0 Å². The fraction of sp³-hybridized carbons (Fsp3) is 0.667. The lowest BCUT2D eigenvalue weighted by atomic mass is 9.71. The summed E-state index contributed by atoms with van der Waals surface area (Å²) in [6.45, 7) is 4.26. The number of carbonyl (C=O) groups is 1. The molecule has 1 N–H and O–H groups in total. The van der Waals surface area contributed by atoms with Gasteiger partial charge in [-0.1, -0.05) is 6.42 Å². The van der Waals surface area contributed by atoms with Gasteiger partial charge >= 0.3 is 0 Å². The molecule has 0 radical (unpaired) electrons. The number of hydrogen-bond donors (Lipinski definition) is 1. The third kappa shape index (κ3) is 3.48. The van der Waals surface area contributed by atoms with E-state index in [-0.39, 0.29) is 17.9 Å². The summed E-state index contributed by atoms with van der Waals surface area (Å²) in [5.74, 6) is 1.37. The van der Waals surface area contributed by atoms with Gasteiger partial charge < -0.3 is 14.4 Å². The Morgan fingerprint density at radius 3 is 2.76 bits per heavy atom. The molecule has 0 aromatic carbocycles.